The first-order chi connectivity index (χ1) is 14.4. The summed E-state index contributed by atoms with van der Waals surface area (Å²) in [6, 6.07) is 7.82. The van der Waals surface area contributed by atoms with Gasteiger partial charge >= 0.3 is 0 Å². The van der Waals surface area contributed by atoms with Crippen molar-refractivity contribution in [1.82, 2.24) is 19.5 Å². The zero-order chi connectivity index (χ0) is 21.3. The number of hydrogen-bond acceptors (Lipinski definition) is 6. The van der Waals surface area contributed by atoms with Gasteiger partial charge in [-0.05, 0) is 44.4 Å². The molecule has 0 saturated carbocycles. The number of aromatic nitrogens is 4. The summed E-state index contributed by atoms with van der Waals surface area (Å²) < 4.78 is 20.6. The van der Waals surface area contributed by atoms with E-state index >= 15 is 0 Å². The quantitative estimate of drug-likeness (QED) is 0.645. The molecule has 0 N–H and O–H groups in total. The first-order valence-electron chi connectivity index (χ1n) is 9.87. The Labute approximate surface area is 174 Å². The molecule has 0 spiro atoms. The predicted molar refractivity (Wildman–Crippen MR) is 112 cm³/mol. The number of ether oxygens (including phenoxy) is 1. The van der Waals surface area contributed by atoms with Crippen LogP contribution in [-0.2, 0) is 13.0 Å². The maximum atomic E-state index is 13.6. The summed E-state index contributed by atoms with van der Waals surface area (Å²) in [6.07, 6.45) is 4.51. The number of rotatable bonds is 5. The number of methoxy groups -OCH3 is 1. The van der Waals surface area contributed by atoms with E-state index in [4.69, 9.17) is 9.72 Å². The molecule has 0 amide bonds. The van der Waals surface area contributed by atoms with Crippen LogP contribution < -0.4 is 15.2 Å². The van der Waals surface area contributed by atoms with Crippen LogP contribution in [0.2, 0.25) is 0 Å². The second kappa shape index (κ2) is 7.85. The highest BCUT2D eigenvalue weighted by Crippen LogP contribution is 2.32. The Hall–Kier alpha value is -3.29. The molecule has 3 heterocycles. The van der Waals surface area contributed by atoms with Crippen molar-refractivity contribution in [3.8, 4) is 17.1 Å². The fraction of sp³-hybridized carbons (Fsp3) is 0.364. The van der Waals surface area contributed by atoms with Gasteiger partial charge in [-0.1, -0.05) is 6.07 Å². The van der Waals surface area contributed by atoms with Crippen molar-refractivity contribution in [2.75, 3.05) is 18.6 Å². The van der Waals surface area contributed by atoms with E-state index in [1.165, 1.54) is 31.6 Å². The topological polar surface area (TPSA) is 73.1 Å². The van der Waals surface area contributed by atoms with Crippen LogP contribution in [0.5, 0.6) is 5.75 Å². The first kappa shape index (κ1) is 20.0. The van der Waals surface area contributed by atoms with E-state index in [0.717, 1.165) is 12.0 Å². The molecule has 7 nitrogen and oxygen atoms in total. The molecule has 3 aromatic rings. The molecular formula is C22H24FN5O2. The van der Waals surface area contributed by atoms with Gasteiger partial charge in [-0.2, -0.15) is 0 Å². The molecule has 30 heavy (non-hydrogen) atoms. The molecule has 156 valence electrons. The van der Waals surface area contributed by atoms with Gasteiger partial charge in [-0.3, -0.25) is 9.36 Å². The van der Waals surface area contributed by atoms with Gasteiger partial charge < -0.3 is 9.64 Å². The summed E-state index contributed by atoms with van der Waals surface area (Å²) in [5.41, 5.74) is 1.73. The van der Waals surface area contributed by atoms with E-state index in [2.05, 4.69) is 28.7 Å². The van der Waals surface area contributed by atoms with Gasteiger partial charge in [0.15, 0.2) is 0 Å². The van der Waals surface area contributed by atoms with Gasteiger partial charge in [0.25, 0.3) is 5.56 Å². The van der Waals surface area contributed by atoms with Crippen LogP contribution >= 0.6 is 0 Å². The molecule has 0 unspecified atom stereocenters. The summed E-state index contributed by atoms with van der Waals surface area (Å²) in [5, 5.41) is 0. The van der Waals surface area contributed by atoms with Gasteiger partial charge in [0, 0.05) is 37.0 Å². The summed E-state index contributed by atoms with van der Waals surface area (Å²) in [7, 11) is 1.54. The fourth-order valence-electron chi connectivity index (χ4n) is 3.83. The largest absolute Gasteiger partial charge is 0.496 e. The van der Waals surface area contributed by atoms with Crippen LogP contribution in [-0.4, -0.2) is 38.7 Å². The highest BCUT2D eigenvalue weighted by Gasteiger charge is 2.34. The van der Waals surface area contributed by atoms with Crippen LogP contribution in [0.25, 0.3) is 11.4 Å². The average Bonchev–Trinajstić information content (AvgIpc) is 2.73. The van der Waals surface area contributed by atoms with Crippen molar-refractivity contribution in [1.29, 1.82) is 0 Å². The molecule has 1 aliphatic heterocycles. The third-order valence-electron chi connectivity index (χ3n) is 5.61. The Balaban J connectivity index is 1.72. The van der Waals surface area contributed by atoms with Crippen molar-refractivity contribution < 1.29 is 9.13 Å². The number of hydrogen-bond donors (Lipinski definition) is 0. The SMILES string of the molecule is COc1cc(F)ccc1CCN1c2nc(-c3ccncn3)cc(=O)n2CCC1(C)C. The third kappa shape index (κ3) is 3.77. The van der Waals surface area contributed by atoms with E-state index in [-0.39, 0.29) is 16.9 Å². The predicted octanol–water partition coefficient (Wildman–Crippen LogP) is 3.08. The lowest BCUT2D eigenvalue weighted by Crippen LogP contribution is -2.52. The van der Waals surface area contributed by atoms with Crippen LogP contribution in [0, 0.1) is 5.82 Å². The summed E-state index contributed by atoms with van der Waals surface area (Å²) in [6.45, 7) is 5.49. The van der Waals surface area contributed by atoms with Crippen molar-refractivity contribution >= 4 is 5.95 Å². The fourth-order valence-corrected chi connectivity index (χ4v) is 3.83. The van der Waals surface area contributed by atoms with Gasteiger partial charge in [-0.15, -0.1) is 0 Å². The lowest BCUT2D eigenvalue weighted by molar-refractivity contribution is 0.346. The van der Waals surface area contributed by atoms with Crippen LogP contribution in [0.15, 0.2) is 47.7 Å². The number of nitrogens with zero attached hydrogens (tertiary/aromatic N) is 5. The molecule has 4 rings (SSSR count). The lowest BCUT2D eigenvalue weighted by atomic mass is 9.95. The monoisotopic (exact) mass is 409 g/mol. The minimum Gasteiger partial charge on any atom is -0.496 e. The Morgan fingerprint density at radius 3 is 2.77 bits per heavy atom. The molecule has 0 fully saturated rings. The molecule has 0 radical (unpaired) electrons. The number of fused-ring (bicyclic) bond motifs is 1. The smallest absolute Gasteiger partial charge is 0.255 e. The summed E-state index contributed by atoms with van der Waals surface area (Å²) >= 11 is 0. The van der Waals surface area contributed by atoms with Crippen LogP contribution in [0.1, 0.15) is 25.8 Å². The van der Waals surface area contributed by atoms with Gasteiger partial charge in [-0.25, -0.2) is 19.3 Å². The Bertz CT molecular complexity index is 1110. The Kier molecular flexibility index (Phi) is 5.24. The zero-order valence-corrected chi connectivity index (χ0v) is 17.3. The zero-order valence-electron chi connectivity index (χ0n) is 17.3. The second-order valence-corrected chi connectivity index (χ2v) is 7.95. The minimum absolute atomic E-state index is 0.103. The maximum absolute atomic E-state index is 13.6. The van der Waals surface area contributed by atoms with Crippen molar-refractivity contribution in [3.63, 3.8) is 0 Å². The van der Waals surface area contributed by atoms with Gasteiger partial charge in [0.2, 0.25) is 5.95 Å². The maximum Gasteiger partial charge on any atom is 0.255 e. The Morgan fingerprint density at radius 1 is 1.20 bits per heavy atom. The molecule has 2 aromatic heterocycles. The molecule has 8 heteroatoms. The Morgan fingerprint density at radius 2 is 2.03 bits per heavy atom. The lowest BCUT2D eigenvalue weighted by Gasteiger charge is -2.44. The third-order valence-corrected chi connectivity index (χ3v) is 5.61. The van der Waals surface area contributed by atoms with Crippen LogP contribution in [0.4, 0.5) is 10.3 Å². The van der Waals surface area contributed by atoms with E-state index in [0.29, 0.717) is 42.6 Å². The summed E-state index contributed by atoms with van der Waals surface area (Å²) in [4.78, 5) is 27.9. The standard InChI is InChI=1S/C22H24FN5O2/c1-22(2)8-11-27-20(29)13-18(17-6-9-24-14-25-17)26-21(27)28(22)10-7-15-4-5-16(23)12-19(15)30-3/h4-6,9,12-14H,7-8,10-11H2,1-3H3. The minimum atomic E-state index is -0.332. The molecule has 0 aliphatic carbocycles. The van der Waals surface area contributed by atoms with E-state index < -0.39 is 0 Å². The van der Waals surface area contributed by atoms with E-state index in [9.17, 15) is 9.18 Å². The highest BCUT2D eigenvalue weighted by atomic mass is 19.1. The van der Waals surface area contributed by atoms with Gasteiger partial charge in [0.05, 0.1) is 18.5 Å². The highest BCUT2D eigenvalue weighted by molar-refractivity contribution is 5.56. The first-order valence-corrected chi connectivity index (χ1v) is 9.87. The molecule has 0 saturated heterocycles. The van der Waals surface area contributed by atoms with Gasteiger partial charge in [0.1, 0.15) is 17.9 Å². The molecule has 1 aromatic carbocycles. The molecule has 0 atom stereocenters. The second-order valence-electron chi connectivity index (χ2n) is 7.95. The number of anilines is 1. The number of halogens is 1. The normalized spacial score (nSPS) is 15.0. The van der Waals surface area contributed by atoms with E-state index in [1.807, 2.05) is 0 Å². The number of benzene rings is 1. The van der Waals surface area contributed by atoms with Crippen LogP contribution in [0.3, 0.4) is 0 Å². The molecular weight excluding hydrogens is 385 g/mol. The molecule has 1 aliphatic rings. The van der Waals surface area contributed by atoms with Crippen molar-refractivity contribution in [2.24, 2.45) is 0 Å². The van der Waals surface area contributed by atoms with Crippen molar-refractivity contribution in [3.05, 3.63) is 64.6 Å². The molecule has 0 bridgehead atoms. The average molecular weight is 409 g/mol. The van der Waals surface area contributed by atoms with E-state index in [1.54, 1.807) is 22.9 Å². The van der Waals surface area contributed by atoms with Crippen molar-refractivity contribution in [2.45, 2.75) is 38.8 Å². The summed E-state index contributed by atoms with van der Waals surface area (Å²) in [5.74, 6) is 0.806.